The number of aliphatic imine (C=N–C) groups is 1. The number of methoxy groups -OCH3 is 1. The third-order valence-corrected chi connectivity index (χ3v) is 5.19. The fourth-order valence-electron chi connectivity index (χ4n) is 3.57. The van der Waals surface area contributed by atoms with Crippen molar-refractivity contribution in [3.05, 3.63) is 48.2 Å². The molecule has 0 radical (unpaired) electrons. The smallest absolute Gasteiger partial charge is 0.219 e. The predicted molar refractivity (Wildman–Crippen MR) is 124 cm³/mol. The second-order valence-corrected chi connectivity index (χ2v) is 7.58. The van der Waals surface area contributed by atoms with Gasteiger partial charge in [-0.2, -0.15) is 0 Å². The summed E-state index contributed by atoms with van der Waals surface area (Å²) in [5.41, 5.74) is 1.07. The number of aromatic nitrogens is 1. The van der Waals surface area contributed by atoms with Crippen LogP contribution in [0.1, 0.15) is 18.9 Å². The molecule has 1 aromatic carbocycles. The second-order valence-electron chi connectivity index (χ2n) is 7.58. The molecule has 1 aliphatic rings. The lowest BCUT2D eigenvalue weighted by atomic mass is 10.1. The van der Waals surface area contributed by atoms with Crippen molar-refractivity contribution < 1.29 is 18.9 Å². The third-order valence-electron chi connectivity index (χ3n) is 5.19. The summed E-state index contributed by atoms with van der Waals surface area (Å²) in [6.45, 7) is 7.19. The maximum absolute atomic E-state index is 5.90. The quantitative estimate of drug-likeness (QED) is 0.325. The van der Waals surface area contributed by atoms with Gasteiger partial charge in [-0.05, 0) is 49.2 Å². The van der Waals surface area contributed by atoms with Crippen LogP contribution in [0.4, 0.5) is 0 Å². The van der Waals surface area contributed by atoms with Gasteiger partial charge in [-0.25, -0.2) is 4.98 Å². The lowest BCUT2D eigenvalue weighted by Gasteiger charge is -2.22. The van der Waals surface area contributed by atoms with E-state index in [1.54, 1.807) is 13.3 Å². The van der Waals surface area contributed by atoms with Crippen LogP contribution in [0.25, 0.3) is 0 Å². The first-order valence-corrected chi connectivity index (χ1v) is 11.1. The van der Waals surface area contributed by atoms with Crippen molar-refractivity contribution in [2.45, 2.75) is 19.9 Å². The fraction of sp³-hybridized carbons (Fsp3) is 0.500. The molecule has 1 aliphatic heterocycles. The van der Waals surface area contributed by atoms with Crippen molar-refractivity contribution in [3.63, 3.8) is 0 Å². The summed E-state index contributed by atoms with van der Waals surface area (Å²) < 4.78 is 22.1. The summed E-state index contributed by atoms with van der Waals surface area (Å²) in [5, 5.41) is 3.45. The standard InChI is InChI=1S/C24H34N4O4/c1-4-31-21-5-7-22(8-6-21)32-23-15-19(9-11-26-23)16-27-24(25-2)28-12-10-20(17-28)18-30-14-13-29-3/h5-9,11,15,20H,4,10,12-14,16-18H2,1-3H3,(H,25,27). The van der Waals surface area contributed by atoms with E-state index in [9.17, 15) is 0 Å². The predicted octanol–water partition coefficient (Wildman–Crippen LogP) is 3.33. The van der Waals surface area contributed by atoms with Crippen molar-refractivity contribution in [1.29, 1.82) is 0 Å². The van der Waals surface area contributed by atoms with Gasteiger partial charge in [-0.3, -0.25) is 4.99 Å². The first kappa shape index (κ1) is 23.8. The number of ether oxygens (including phenoxy) is 4. The van der Waals surface area contributed by atoms with Gasteiger partial charge in [-0.1, -0.05) is 0 Å². The number of likely N-dealkylation sites (tertiary alicyclic amines) is 1. The van der Waals surface area contributed by atoms with Crippen LogP contribution >= 0.6 is 0 Å². The van der Waals surface area contributed by atoms with Gasteiger partial charge in [0.05, 0.1) is 26.4 Å². The zero-order chi connectivity index (χ0) is 22.6. The van der Waals surface area contributed by atoms with E-state index in [1.165, 1.54) is 0 Å². The van der Waals surface area contributed by atoms with Crippen molar-refractivity contribution in [2.24, 2.45) is 10.9 Å². The Morgan fingerprint density at radius 3 is 2.75 bits per heavy atom. The Morgan fingerprint density at radius 1 is 1.19 bits per heavy atom. The lowest BCUT2D eigenvalue weighted by Crippen LogP contribution is -2.39. The molecule has 2 aromatic rings. The number of guanidine groups is 1. The number of nitrogens with one attached hydrogen (secondary N) is 1. The van der Waals surface area contributed by atoms with Crippen LogP contribution in [0.15, 0.2) is 47.6 Å². The molecular formula is C24H34N4O4. The minimum absolute atomic E-state index is 0.514. The van der Waals surface area contributed by atoms with E-state index in [2.05, 4.69) is 20.2 Å². The summed E-state index contributed by atoms with van der Waals surface area (Å²) in [4.78, 5) is 11.1. The van der Waals surface area contributed by atoms with Gasteiger partial charge >= 0.3 is 0 Å². The highest BCUT2D eigenvalue weighted by molar-refractivity contribution is 5.80. The van der Waals surface area contributed by atoms with E-state index in [1.807, 2.05) is 50.4 Å². The van der Waals surface area contributed by atoms with Gasteiger partial charge in [0.1, 0.15) is 11.5 Å². The van der Waals surface area contributed by atoms with Gasteiger partial charge in [0.15, 0.2) is 5.96 Å². The molecule has 1 N–H and O–H groups in total. The van der Waals surface area contributed by atoms with E-state index < -0.39 is 0 Å². The lowest BCUT2D eigenvalue weighted by molar-refractivity contribution is 0.0536. The SMILES string of the molecule is CCOc1ccc(Oc2cc(CNC(=NC)N3CCC(COCCOC)C3)ccn2)cc1. The molecule has 3 rings (SSSR count). The maximum atomic E-state index is 5.90. The summed E-state index contributed by atoms with van der Waals surface area (Å²) in [6, 6.07) is 11.4. The monoisotopic (exact) mass is 442 g/mol. The first-order chi connectivity index (χ1) is 15.7. The summed E-state index contributed by atoms with van der Waals surface area (Å²) >= 11 is 0. The minimum Gasteiger partial charge on any atom is -0.494 e. The molecule has 0 spiro atoms. The van der Waals surface area contributed by atoms with Crippen molar-refractivity contribution >= 4 is 5.96 Å². The third kappa shape index (κ3) is 7.39. The van der Waals surface area contributed by atoms with Crippen LogP contribution < -0.4 is 14.8 Å². The van der Waals surface area contributed by atoms with E-state index in [0.717, 1.165) is 49.1 Å². The largest absolute Gasteiger partial charge is 0.494 e. The Labute approximate surface area is 190 Å². The number of hydrogen-bond acceptors (Lipinski definition) is 6. The van der Waals surface area contributed by atoms with Gasteiger partial charge in [-0.15, -0.1) is 0 Å². The van der Waals surface area contributed by atoms with Gasteiger partial charge < -0.3 is 29.2 Å². The Morgan fingerprint density at radius 2 is 2.00 bits per heavy atom. The fourth-order valence-corrected chi connectivity index (χ4v) is 3.57. The maximum Gasteiger partial charge on any atom is 0.219 e. The molecule has 1 atom stereocenters. The van der Waals surface area contributed by atoms with Crippen LogP contribution in [0.3, 0.4) is 0 Å². The van der Waals surface area contributed by atoms with Crippen molar-refractivity contribution in [1.82, 2.24) is 15.2 Å². The molecule has 8 nitrogen and oxygen atoms in total. The highest BCUT2D eigenvalue weighted by Crippen LogP contribution is 2.23. The molecule has 8 heteroatoms. The van der Waals surface area contributed by atoms with E-state index in [-0.39, 0.29) is 0 Å². The summed E-state index contributed by atoms with van der Waals surface area (Å²) in [5.74, 6) is 3.51. The number of pyridine rings is 1. The topological polar surface area (TPSA) is 77.4 Å². The molecule has 1 unspecified atom stereocenters. The summed E-state index contributed by atoms with van der Waals surface area (Å²) in [6.07, 6.45) is 2.86. The van der Waals surface area contributed by atoms with Crippen LogP contribution in [0.2, 0.25) is 0 Å². The first-order valence-electron chi connectivity index (χ1n) is 11.1. The highest BCUT2D eigenvalue weighted by atomic mass is 16.5. The zero-order valence-corrected chi connectivity index (χ0v) is 19.3. The Hall–Kier alpha value is -2.84. The van der Waals surface area contributed by atoms with Crippen molar-refractivity contribution in [3.8, 4) is 17.4 Å². The zero-order valence-electron chi connectivity index (χ0n) is 19.3. The molecule has 1 saturated heterocycles. The molecule has 0 saturated carbocycles. The molecular weight excluding hydrogens is 408 g/mol. The van der Waals surface area contributed by atoms with E-state index >= 15 is 0 Å². The van der Waals surface area contributed by atoms with Gasteiger partial charge in [0, 0.05) is 52.0 Å². The highest BCUT2D eigenvalue weighted by Gasteiger charge is 2.24. The summed E-state index contributed by atoms with van der Waals surface area (Å²) in [7, 11) is 3.51. The molecule has 0 aliphatic carbocycles. The molecule has 32 heavy (non-hydrogen) atoms. The molecule has 1 aromatic heterocycles. The Bertz CT molecular complexity index is 844. The van der Waals surface area contributed by atoms with E-state index in [4.69, 9.17) is 18.9 Å². The normalized spacial score (nSPS) is 16.3. The number of nitrogens with zero attached hydrogens (tertiary/aromatic N) is 3. The van der Waals surface area contributed by atoms with Crippen LogP contribution in [0, 0.1) is 5.92 Å². The van der Waals surface area contributed by atoms with Gasteiger partial charge in [0.2, 0.25) is 5.88 Å². The Balaban J connectivity index is 1.48. The van der Waals surface area contributed by atoms with Crippen LogP contribution in [-0.2, 0) is 16.0 Å². The molecule has 174 valence electrons. The molecule has 0 amide bonds. The molecule has 0 bridgehead atoms. The van der Waals surface area contributed by atoms with Crippen LogP contribution in [0.5, 0.6) is 17.4 Å². The average molecular weight is 443 g/mol. The molecule has 1 fully saturated rings. The Kier molecular flexibility index (Phi) is 9.59. The number of rotatable bonds is 11. The number of hydrogen-bond donors (Lipinski definition) is 1. The average Bonchev–Trinajstić information content (AvgIpc) is 3.28. The second kappa shape index (κ2) is 12.9. The number of benzene rings is 1. The minimum atomic E-state index is 0.514. The van der Waals surface area contributed by atoms with Crippen LogP contribution in [-0.4, -0.2) is 69.5 Å². The van der Waals surface area contributed by atoms with Crippen molar-refractivity contribution in [2.75, 3.05) is 53.7 Å². The van der Waals surface area contributed by atoms with Gasteiger partial charge in [0.25, 0.3) is 0 Å². The molecule has 2 heterocycles. The van der Waals surface area contributed by atoms with E-state index in [0.29, 0.717) is 38.2 Å².